The first-order valence-electron chi connectivity index (χ1n) is 13.4. The smallest absolute Gasteiger partial charge is 0.265 e. The maximum atomic E-state index is 11.0. The monoisotopic (exact) mass is 550 g/mol. The summed E-state index contributed by atoms with van der Waals surface area (Å²) >= 11 is 0. The van der Waals surface area contributed by atoms with Gasteiger partial charge in [-0.05, 0) is 38.0 Å². The largest absolute Gasteiger partial charge is 0.756 e. The molecule has 8 heteroatoms. The maximum Gasteiger partial charge on any atom is 0.265 e. The van der Waals surface area contributed by atoms with Crippen LogP contribution in [0, 0.1) is 0 Å². The van der Waals surface area contributed by atoms with Crippen molar-refractivity contribution in [1.82, 2.24) is 0 Å². The Morgan fingerprint density at radius 3 is 2.38 bits per heavy atom. The number of anilines is 1. The van der Waals surface area contributed by atoms with Crippen molar-refractivity contribution >= 4 is 24.9 Å². The van der Waals surface area contributed by atoms with Gasteiger partial charge in [-0.2, -0.15) is 4.58 Å². The summed E-state index contributed by atoms with van der Waals surface area (Å²) in [5.74, 6) is 0. The van der Waals surface area contributed by atoms with Crippen LogP contribution in [-0.4, -0.2) is 46.6 Å². The van der Waals surface area contributed by atoms with Crippen LogP contribution in [0.1, 0.15) is 51.7 Å². The summed E-state index contributed by atoms with van der Waals surface area (Å²) in [6, 6.07) is 16.7. The number of nitrogens with zero attached hydrogens (tertiary/aromatic N) is 2. The van der Waals surface area contributed by atoms with Crippen LogP contribution in [0.25, 0.3) is 0 Å². The van der Waals surface area contributed by atoms with Crippen LogP contribution in [0.2, 0.25) is 0 Å². The fourth-order valence-electron chi connectivity index (χ4n) is 5.75. The molecule has 2 aromatic carbocycles. The molecule has 0 bridgehead atoms. The standard InChI is InChI=1S/C31H39N2O5P/c1-30(2)24-14-8-10-16-26(24)32(20-12-22-34)28(30)18-6-5-7-19-29-31(3,4)25-15-9-11-17-27(25)33(29)21-13-23-38-39(35,36)37/h5-11,14-19,34H,12-13,20-23H2,1-4H3,(H-,35,36,37). The van der Waals surface area contributed by atoms with Crippen LogP contribution in [0.5, 0.6) is 0 Å². The van der Waals surface area contributed by atoms with Crippen LogP contribution in [0.3, 0.4) is 0 Å². The molecule has 1 atom stereocenters. The summed E-state index contributed by atoms with van der Waals surface area (Å²) in [5, 5.41) is 9.45. The molecule has 0 spiro atoms. The second-order valence-electron chi connectivity index (χ2n) is 11.0. The first-order chi connectivity index (χ1) is 18.5. The number of phosphoric acid groups is 1. The number of fused-ring (bicyclic) bond motifs is 2. The predicted molar refractivity (Wildman–Crippen MR) is 155 cm³/mol. The minimum absolute atomic E-state index is 0.0776. The Bertz CT molecular complexity index is 1370. The van der Waals surface area contributed by atoms with E-state index in [1.54, 1.807) is 0 Å². The fourth-order valence-corrected chi connectivity index (χ4v) is 6.11. The van der Waals surface area contributed by atoms with Crippen molar-refractivity contribution in [3.05, 3.63) is 95.7 Å². The van der Waals surface area contributed by atoms with E-state index in [0.29, 0.717) is 19.4 Å². The Labute approximate surface area is 231 Å². The third-order valence-electron chi connectivity index (χ3n) is 7.65. The minimum Gasteiger partial charge on any atom is -0.756 e. The number of hydrogen-bond donors (Lipinski definition) is 2. The second-order valence-corrected chi connectivity index (χ2v) is 12.2. The highest BCUT2D eigenvalue weighted by molar-refractivity contribution is 7.44. The van der Waals surface area contributed by atoms with E-state index in [4.69, 9.17) is 4.89 Å². The van der Waals surface area contributed by atoms with E-state index in [1.165, 1.54) is 22.5 Å². The van der Waals surface area contributed by atoms with Gasteiger partial charge in [0.1, 0.15) is 0 Å². The van der Waals surface area contributed by atoms with E-state index in [-0.39, 0.29) is 24.0 Å². The van der Waals surface area contributed by atoms with Crippen LogP contribution < -0.4 is 9.79 Å². The van der Waals surface area contributed by atoms with Gasteiger partial charge in [0, 0.05) is 54.1 Å². The molecule has 2 heterocycles. The van der Waals surface area contributed by atoms with E-state index in [0.717, 1.165) is 17.9 Å². The number of hydrogen-bond acceptors (Lipinski definition) is 5. The van der Waals surface area contributed by atoms with Crippen molar-refractivity contribution in [2.75, 3.05) is 31.2 Å². The molecule has 0 amide bonds. The molecule has 208 valence electrons. The number of aliphatic hydroxyl groups is 1. The molecular weight excluding hydrogens is 511 g/mol. The number of para-hydroxylation sites is 2. The van der Waals surface area contributed by atoms with Crippen molar-refractivity contribution in [2.45, 2.75) is 51.4 Å². The molecule has 0 saturated heterocycles. The number of allylic oxidation sites excluding steroid dienone is 6. The molecule has 1 unspecified atom stereocenters. The Morgan fingerprint density at radius 1 is 0.974 bits per heavy atom. The van der Waals surface area contributed by atoms with Gasteiger partial charge in [0.25, 0.3) is 7.82 Å². The van der Waals surface area contributed by atoms with E-state index in [1.807, 2.05) is 24.3 Å². The Balaban J connectivity index is 1.58. The fraction of sp³-hybridized carbons (Fsp3) is 0.387. The van der Waals surface area contributed by atoms with E-state index < -0.39 is 7.82 Å². The summed E-state index contributed by atoms with van der Waals surface area (Å²) in [4.78, 5) is 22.2. The molecule has 0 aromatic heterocycles. The molecule has 2 aromatic rings. The lowest BCUT2D eigenvalue weighted by Crippen LogP contribution is -2.28. The summed E-state index contributed by atoms with van der Waals surface area (Å²) in [5.41, 5.74) is 6.70. The highest BCUT2D eigenvalue weighted by Gasteiger charge is 2.44. The quantitative estimate of drug-likeness (QED) is 0.175. The normalized spacial score (nSPS) is 20.3. The van der Waals surface area contributed by atoms with Crippen LogP contribution in [0.4, 0.5) is 11.4 Å². The van der Waals surface area contributed by atoms with E-state index in [9.17, 15) is 14.6 Å². The van der Waals surface area contributed by atoms with Gasteiger partial charge >= 0.3 is 0 Å². The van der Waals surface area contributed by atoms with Gasteiger partial charge in [-0.25, -0.2) is 0 Å². The van der Waals surface area contributed by atoms with E-state index >= 15 is 0 Å². The third kappa shape index (κ3) is 6.19. The molecule has 0 saturated carbocycles. The topological polar surface area (TPSA) is 96.1 Å². The Morgan fingerprint density at radius 2 is 1.67 bits per heavy atom. The van der Waals surface area contributed by atoms with Gasteiger partial charge in [0.15, 0.2) is 12.3 Å². The average molecular weight is 551 g/mol. The van der Waals surface area contributed by atoms with Crippen molar-refractivity contribution in [2.24, 2.45) is 0 Å². The summed E-state index contributed by atoms with van der Waals surface area (Å²) in [6.45, 7) is 10.2. The van der Waals surface area contributed by atoms with Gasteiger partial charge in [0.2, 0.25) is 5.69 Å². The van der Waals surface area contributed by atoms with Crippen LogP contribution in [-0.2, 0) is 19.9 Å². The first kappa shape index (κ1) is 29.2. The SMILES string of the molecule is CC1(C)C(/C=C/C=C/C=C2/N(CCCO)c3ccccc3C2(C)C)=[N+](CCCOP(=O)([O-])O)c2ccccc21. The number of rotatable bonds is 11. The average Bonchev–Trinajstić information content (AvgIpc) is 3.23. The summed E-state index contributed by atoms with van der Waals surface area (Å²) in [7, 11) is -4.73. The lowest BCUT2D eigenvalue weighted by Gasteiger charge is -2.26. The van der Waals surface area contributed by atoms with Crippen molar-refractivity contribution in [3.63, 3.8) is 0 Å². The second kappa shape index (κ2) is 11.7. The Kier molecular flexibility index (Phi) is 8.79. The number of benzene rings is 2. The molecule has 2 aliphatic heterocycles. The van der Waals surface area contributed by atoms with Crippen LogP contribution in [0.15, 0.2) is 84.6 Å². The zero-order valence-corrected chi connectivity index (χ0v) is 24.1. The van der Waals surface area contributed by atoms with Gasteiger partial charge in [0.05, 0.1) is 12.0 Å². The molecule has 39 heavy (non-hydrogen) atoms. The van der Waals surface area contributed by atoms with Crippen molar-refractivity contribution in [3.8, 4) is 0 Å². The number of phosphoric ester groups is 1. The zero-order chi connectivity index (χ0) is 28.3. The van der Waals surface area contributed by atoms with Gasteiger partial charge < -0.3 is 24.3 Å². The van der Waals surface area contributed by atoms with Crippen molar-refractivity contribution in [1.29, 1.82) is 0 Å². The zero-order valence-electron chi connectivity index (χ0n) is 23.2. The molecule has 7 nitrogen and oxygen atoms in total. The summed E-state index contributed by atoms with van der Waals surface area (Å²) < 4.78 is 17.7. The molecular formula is C31H39N2O5P. The highest BCUT2D eigenvalue weighted by Crippen LogP contribution is 2.47. The number of aliphatic hydroxyl groups excluding tert-OH is 1. The summed E-state index contributed by atoms with van der Waals surface area (Å²) in [6.07, 6.45) is 11.5. The van der Waals surface area contributed by atoms with Gasteiger partial charge in [-0.15, -0.1) is 0 Å². The molecule has 2 aliphatic rings. The predicted octanol–water partition coefficient (Wildman–Crippen LogP) is 5.11. The van der Waals surface area contributed by atoms with Crippen LogP contribution >= 0.6 is 7.82 Å². The van der Waals surface area contributed by atoms with E-state index in [2.05, 4.69) is 96.3 Å². The van der Waals surface area contributed by atoms with Crippen molar-refractivity contribution < 1.29 is 28.6 Å². The molecule has 0 fully saturated rings. The van der Waals surface area contributed by atoms with Gasteiger partial charge in [-0.3, -0.25) is 4.57 Å². The molecule has 2 N–H and O–H groups in total. The molecule has 0 aliphatic carbocycles. The highest BCUT2D eigenvalue weighted by atomic mass is 31.2. The maximum absolute atomic E-state index is 11.0. The molecule has 0 radical (unpaired) electrons. The minimum atomic E-state index is -4.73. The molecule has 4 rings (SSSR count). The Hall–Kier alpha value is -2.80. The first-order valence-corrected chi connectivity index (χ1v) is 14.9. The van der Waals surface area contributed by atoms with Gasteiger partial charge in [-0.1, -0.05) is 68.5 Å². The lowest BCUT2D eigenvalue weighted by atomic mass is 9.81. The third-order valence-corrected chi connectivity index (χ3v) is 8.16. The lowest BCUT2D eigenvalue weighted by molar-refractivity contribution is -0.438.